The molecule has 16 heavy (non-hydrogen) atoms. The van der Waals surface area contributed by atoms with Crippen molar-refractivity contribution in [1.82, 2.24) is 0 Å². The van der Waals surface area contributed by atoms with Crippen molar-refractivity contribution >= 4 is 22.7 Å². The standard InChI is InChI=1S/C12H14FNOS/c1-16-6-5-10(14)11-7-8-3-2-4-9(13)12(8)15-11/h2-4,7,10H,5-6,14H2,1H3. The van der Waals surface area contributed by atoms with E-state index in [0.29, 0.717) is 11.3 Å². The van der Waals surface area contributed by atoms with Crippen molar-refractivity contribution in [2.24, 2.45) is 5.73 Å². The van der Waals surface area contributed by atoms with E-state index in [1.54, 1.807) is 17.8 Å². The van der Waals surface area contributed by atoms with Crippen LogP contribution in [-0.2, 0) is 0 Å². The van der Waals surface area contributed by atoms with Crippen molar-refractivity contribution in [3.63, 3.8) is 0 Å². The van der Waals surface area contributed by atoms with Gasteiger partial charge in [-0.2, -0.15) is 11.8 Å². The van der Waals surface area contributed by atoms with Crippen LogP contribution in [0.2, 0.25) is 0 Å². The van der Waals surface area contributed by atoms with Crippen LogP contribution in [0.3, 0.4) is 0 Å². The predicted molar refractivity (Wildman–Crippen MR) is 66.1 cm³/mol. The van der Waals surface area contributed by atoms with E-state index in [-0.39, 0.29) is 11.9 Å². The zero-order valence-electron chi connectivity index (χ0n) is 9.07. The van der Waals surface area contributed by atoms with E-state index in [0.717, 1.165) is 17.6 Å². The van der Waals surface area contributed by atoms with Crippen LogP contribution in [0.15, 0.2) is 28.7 Å². The summed E-state index contributed by atoms with van der Waals surface area (Å²) in [5, 5.41) is 0.773. The molecule has 2 nitrogen and oxygen atoms in total. The normalized spacial score (nSPS) is 13.2. The second kappa shape index (κ2) is 4.89. The van der Waals surface area contributed by atoms with Gasteiger partial charge in [0.25, 0.3) is 0 Å². The van der Waals surface area contributed by atoms with E-state index in [1.165, 1.54) is 6.07 Å². The van der Waals surface area contributed by atoms with Gasteiger partial charge in [-0.15, -0.1) is 0 Å². The minimum atomic E-state index is -0.333. The third-order valence-electron chi connectivity index (χ3n) is 2.51. The molecule has 0 saturated carbocycles. The lowest BCUT2D eigenvalue weighted by atomic mass is 10.1. The van der Waals surface area contributed by atoms with E-state index in [2.05, 4.69) is 0 Å². The molecular formula is C12H14FNOS. The van der Waals surface area contributed by atoms with Crippen LogP contribution < -0.4 is 5.73 Å². The van der Waals surface area contributed by atoms with Crippen LogP contribution >= 0.6 is 11.8 Å². The number of rotatable bonds is 4. The molecule has 1 unspecified atom stereocenters. The van der Waals surface area contributed by atoms with Gasteiger partial charge in [0.2, 0.25) is 0 Å². The van der Waals surface area contributed by atoms with Gasteiger partial charge >= 0.3 is 0 Å². The quantitative estimate of drug-likeness (QED) is 0.889. The van der Waals surface area contributed by atoms with Crippen molar-refractivity contribution in [1.29, 1.82) is 0 Å². The van der Waals surface area contributed by atoms with Crippen LogP contribution in [0.4, 0.5) is 4.39 Å². The number of nitrogens with two attached hydrogens (primary N) is 1. The van der Waals surface area contributed by atoms with Gasteiger partial charge in [0.1, 0.15) is 5.76 Å². The van der Waals surface area contributed by atoms with Crippen molar-refractivity contribution in [3.8, 4) is 0 Å². The average molecular weight is 239 g/mol. The monoisotopic (exact) mass is 239 g/mol. The third kappa shape index (κ3) is 2.23. The first kappa shape index (κ1) is 11.5. The summed E-state index contributed by atoms with van der Waals surface area (Å²) >= 11 is 1.74. The Morgan fingerprint density at radius 2 is 2.31 bits per heavy atom. The van der Waals surface area contributed by atoms with Gasteiger partial charge in [0, 0.05) is 5.39 Å². The van der Waals surface area contributed by atoms with Gasteiger partial charge in [-0.1, -0.05) is 12.1 Å². The van der Waals surface area contributed by atoms with Crippen LogP contribution in [0.1, 0.15) is 18.2 Å². The highest BCUT2D eigenvalue weighted by atomic mass is 32.2. The Balaban J connectivity index is 2.29. The van der Waals surface area contributed by atoms with Crippen LogP contribution in [0, 0.1) is 5.82 Å². The summed E-state index contributed by atoms with van der Waals surface area (Å²) in [5.74, 6) is 1.30. The summed E-state index contributed by atoms with van der Waals surface area (Å²) < 4.78 is 18.8. The van der Waals surface area contributed by atoms with Crippen LogP contribution in [0.5, 0.6) is 0 Å². The van der Waals surface area contributed by atoms with Crippen molar-refractivity contribution in [2.45, 2.75) is 12.5 Å². The molecule has 1 atom stereocenters. The molecule has 1 aromatic carbocycles. The lowest BCUT2D eigenvalue weighted by Gasteiger charge is -2.06. The maximum Gasteiger partial charge on any atom is 0.169 e. The van der Waals surface area contributed by atoms with Crippen molar-refractivity contribution in [2.75, 3.05) is 12.0 Å². The number of hydrogen-bond acceptors (Lipinski definition) is 3. The summed E-state index contributed by atoms with van der Waals surface area (Å²) in [6.07, 6.45) is 2.87. The molecule has 1 heterocycles. The summed E-state index contributed by atoms with van der Waals surface area (Å²) in [5.41, 5.74) is 6.27. The maximum atomic E-state index is 13.4. The molecule has 86 valence electrons. The van der Waals surface area contributed by atoms with Crippen molar-refractivity contribution in [3.05, 3.63) is 35.8 Å². The molecule has 2 N–H and O–H groups in total. The molecule has 2 aromatic rings. The second-order valence-corrected chi connectivity index (χ2v) is 4.68. The molecule has 0 spiro atoms. The first-order chi connectivity index (χ1) is 7.72. The Kier molecular flexibility index (Phi) is 3.51. The number of hydrogen-bond donors (Lipinski definition) is 1. The van der Waals surface area contributed by atoms with E-state index >= 15 is 0 Å². The molecule has 0 radical (unpaired) electrons. The molecule has 4 heteroatoms. The van der Waals surface area contributed by atoms with E-state index < -0.39 is 0 Å². The van der Waals surface area contributed by atoms with Crippen molar-refractivity contribution < 1.29 is 8.81 Å². The molecule has 0 aliphatic rings. The Morgan fingerprint density at radius 3 is 3.00 bits per heavy atom. The van der Waals surface area contributed by atoms with Gasteiger partial charge in [-0.3, -0.25) is 0 Å². The molecule has 0 saturated heterocycles. The summed E-state index contributed by atoms with van der Waals surface area (Å²) in [4.78, 5) is 0. The van der Waals surface area contributed by atoms with Crippen LogP contribution in [-0.4, -0.2) is 12.0 Å². The first-order valence-electron chi connectivity index (χ1n) is 5.15. The fourth-order valence-electron chi connectivity index (χ4n) is 1.62. The van der Waals surface area contributed by atoms with Gasteiger partial charge in [-0.05, 0) is 30.6 Å². The molecule has 0 aliphatic heterocycles. The highest BCUT2D eigenvalue weighted by Gasteiger charge is 2.13. The summed E-state index contributed by atoms with van der Waals surface area (Å²) in [6, 6.07) is 6.56. The molecular weight excluding hydrogens is 225 g/mol. The Hall–Kier alpha value is -1.00. The Bertz CT molecular complexity index is 483. The SMILES string of the molecule is CSCCC(N)c1cc2cccc(F)c2o1. The van der Waals surface area contributed by atoms with Gasteiger partial charge in [0.05, 0.1) is 6.04 Å². The van der Waals surface area contributed by atoms with Gasteiger partial charge in [-0.25, -0.2) is 4.39 Å². The third-order valence-corrected chi connectivity index (χ3v) is 3.16. The highest BCUT2D eigenvalue weighted by molar-refractivity contribution is 7.98. The topological polar surface area (TPSA) is 39.2 Å². The lowest BCUT2D eigenvalue weighted by molar-refractivity contribution is 0.475. The average Bonchev–Trinajstić information content (AvgIpc) is 2.71. The van der Waals surface area contributed by atoms with E-state index in [4.69, 9.17) is 10.2 Å². The fourth-order valence-corrected chi connectivity index (χ4v) is 2.11. The van der Waals surface area contributed by atoms with E-state index in [1.807, 2.05) is 18.4 Å². The predicted octanol–water partition coefficient (Wildman–Crippen LogP) is 3.32. The summed E-state index contributed by atoms with van der Waals surface area (Å²) in [7, 11) is 0. The minimum Gasteiger partial charge on any atom is -0.456 e. The number of thioether (sulfide) groups is 1. The number of para-hydroxylation sites is 1. The molecule has 1 aromatic heterocycles. The minimum absolute atomic E-state index is 0.153. The van der Waals surface area contributed by atoms with Crippen LogP contribution in [0.25, 0.3) is 11.0 Å². The Morgan fingerprint density at radius 1 is 1.50 bits per heavy atom. The molecule has 0 aliphatic carbocycles. The maximum absolute atomic E-state index is 13.4. The second-order valence-electron chi connectivity index (χ2n) is 3.69. The molecule has 0 fully saturated rings. The number of furan rings is 1. The molecule has 0 amide bonds. The molecule has 2 rings (SSSR count). The fraction of sp³-hybridized carbons (Fsp3) is 0.333. The zero-order valence-corrected chi connectivity index (χ0v) is 9.89. The molecule has 0 bridgehead atoms. The van der Waals surface area contributed by atoms with E-state index in [9.17, 15) is 4.39 Å². The lowest BCUT2D eigenvalue weighted by Crippen LogP contribution is -2.09. The summed E-state index contributed by atoms with van der Waals surface area (Å²) in [6.45, 7) is 0. The number of benzene rings is 1. The largest absolute Gasteiger partial charge is 0.456 e. The highest BCUT2D eigenvalue weighted by Crippen LogP contribution is 2.26. The van der Waals surface area contributed by atoms with Gasteiger partial charge in [0.15, 0.2) is 11.4 Å². The van der Waals surface area contributed by atoms with Gasteiger partial charge < -0.3 is 10.2 Å². The smallest absolute Gasteiger partial charge is 0.169 e. The Labute approximate surface area is 98.0 Å². The zero-order chi connectivity index (χ0) is 11.5. The first-order valence-corrected chi connectivity index (χ1v) is 6.54. The number of fused-ring (bicyclic) bond motifs is 1. The number of halogens is 1.